The molecule has 0 saturated carbocycles. The third-order valence-electron chi connectivity index (χ3n) is 8.38. The Labute approximate surface area is 273 Å². The Balaban J connectivity index is 1.12. The number of carbonyl (C=O) groups is 3. The average molecular weight is 644 g/mol. The largest absolute Gasteiger partial charge is 0.378 e. The number of nitrogens with one attached hydrogen (secondary N) is 4. The first-order chi connectivity index (χ1) is 23.0. The van der Waals surface area contributed by atoms with E-state index >= 15 is 0 Å². The SMILES string of the molecule is CNC(=O)N1CCCN(c2nc(-c3ccc(NC(=O)Nc4ccc(C(=O)N5CCNCC5)cc4)cc3)nc(N3CCOCC3)n2)CC1. The van der Waals surface area contributed by atoms with Crippen LogP contribution in [0.4, 0.5) is 32.9 Å². The Bertz CT molecular complexity index is 1540. The Hall–Kier alpha value is -5.02. The summed E-state index contributed by atoms with van der Waals surface area (Å²) in [7, 11) is 1.64. The summed E-state index contributed by atoms with van der Waals surface area (Å²) in [5, 5.41) is 11.6. The molecule has 1 aromatic heterocycles. The van der Waals surface area contributed by atoms with E-state index in [0.717, 1.165) is 25.1 Å². The number of amides is 5. The highest BCUT2D eigenvalue weighted by Gasteiger charge is 2.24. The highest BCUT2D eigenvalue weighted by atomic mass is 16.5. The van der Waals surface area contributed by atoms with Crippen molar-refractivity contribution in [2.24, 2.45) is 0 Å². The van der Waals surface area contributed by atoms with Gasteiger partial charge < -0.3 is 45.6 Å². The van der Waals surface area contributed by atoms with Crippen LogP contribution >= 0.6 is 0 Å². The van der Waals surface area contributed by atoms with Gasteiger partial charge in [0, 0.05) is 95.0 Å². The van der Waals surface area contributed by atoms with Gasteiger partial charge in [-0.25, -0.2) is 9.59 Å². The summed E-state index contributed by atoms with van der Waals surface area (Å²) in [5.41, 5.74) is 2.55. The van der Waals surface area contributed by atoms with Gasteiger partial charge >= 0.3 is 12.1 Å². The van der Waals surface area contributed by atoms with E-state index in [2.05, 4.69) is 31.1 Å². The summed E-state index contributed by atoms with van der Waals surface area (Å²) >= 11 is 0. The molecule has 6 rings (SSSR count). The van der Waals surface area contributed by atoms with Gasteiger partial charge in [0.15, 0.2) is 5.82 Å². The van der Waals surface area contributed by atoms with E-state index < -0.39 is 6.03 Å². The minimum Gasteiger partial charge on any atom is -0.378 e. The lowest BCUT2D eigenvalue weighted by molar-refractivity contribution is 0.0736. The van der Waals surface area contributed by atoms with E-state index in [1.807, 2.05) is 17.0 Å². The van der Waals surface area contributed by atoms with Gasteiger partial charge in [-0.3, -0.25) is 4.79 Å². The topological polar surface area (TPSA) is 160 Å². The number of hydrogen-bond donors (Lipinski definition) is 4. The van der Waals surface area contributed by atoms with Crippen LogP contribution in [0.3, 0.4) is 0 Å². The second-order valence-corrected chi connectivity index (χ2v) is 11.5. The number of ether oxygens (including phenoxy) is 1. The number of aromatic nitrogens is 3. The fraction of sp³-hybridized carbons (Fsp3) is 0.438. The lowest BCUT2D eigenvalue weighted by Crippen LogP contribution is -2.46. The fourth-order valence-corrected chi connectivity index (χ4v) is 5.75. The molecule has 3 fully saturated rings. The Morgan fingerprint density at radius 2 is 1.32 bits per heavy atom. The van der Waals surface area contributed by atoms with Crippen molar-refractivity contribution in [2.45, 2.75) is 6.42 Å². The number of carbonyl (C=O) groups excluding carboxylic acids is 3. The number of morpholine rings is 1. The maximum Gasteiger partial charge on any atom is 0.323 e. The van der Waals surface area contributed by atoms with Crippen LogP contribution in [-0.4, -0.2) is 128 Å². The van der Waals surface area contributed by atoms with Crippen molar-refractivity contribution >= 4 is 41.2 Å². The summed E-state index contributed by atoms with van der Waals surface area (Å²) in [6.07, 6.45) is 0.794. The van der Waals surface area contributed by atoms with E-state index in [1.165, 1.54) is 0 Å². The van der Waals surface area contributed by atoms with E-state index in [-0.39, 0.29) is 11.9 Å². The van der Waals surface area contributed by atoms with Gasteiger partial charge in [0.2, 0.25) is 11.9 Å². The van der Waals surface area contributed by atoms with Gasteiger partial charge in [-0.05, 0) is 55.0 Å². The van der Waals surface area contributed by atoms with Crippen molar-refractivity contribution in [1.29, 1.82) is 0 Å². The molecule has 0 spiro atoms. The second-order valence-electron chi connectivity index (χ2n) is 11.5. The van der Waals surface area contributed by atoms with Crippen molar-refractivity contribution in [3.63, 3.8) is 0 Å². The third-order valence-corrected chi connectivity index (χ3v) is 8.38. The molecule has 0 radical (unpaired) electrons. The number of benzene rings is 2. The number of anilines is 4. The van der Waals surface area contributed by atoms with Crippen LogP contribution in [0.25, 0.3) is 11.4 Å². The molecule has 3 aliphatic rings. The monoisotopic (exact) mass is 643 g/mol. The minimum absolute atomic E-state index is 0.0101. The zero-order valence-corrected chi connectivity index (χ0v) is 26.6. The summed E-state index contributed by atoms with van der Waals surface area (Å²) in [5.74, 6) is 1.67. The van der Waals surface area contributed by atoms with E-state index in [0.29, 0.717) is 100 Å². The molecule has 0 atom stereocenters. The molecule has 5 amide bonds. The Morgan fingerprint density at radius 3 is 1.96 bits per heavy atom. The van der Waals surface area contributed by atoms with Crippen LogP contribution in [-0.2, 0) is 4.74 Å². The molecule has 3 aliphatic heterocycles. The smallest absolute Gasteiger partial charge is 0.323 e. The molecule has 15 heteroatoms. The third kappa shape index (κ3) is 8.04. The van der Waals surface area contributed by atoms with Crippen molar-refractivity contribution in [3.8, 4) is 11.4 Å². The van der Waals surface area contributed by atoms with Crippen LogP contribution in [0.2, 0.25) is 0 Å². The fourth-order valence-electron chi connectivity index (χ4n) is 5.75. The van der Waals surface area contributed by atoms with Gasteiger partial charge in [0.25, 0.3) is 5.91 Å². The van der Waals surface area contributed by atoms with E-state index in [1.54, 1.807) is 48.3 Å². The van der Waals surface area contributed by atoms with Crippen LogP contribution in [0.1, 0.15) is 16.8 Å². The molecule has 0 bridgehead atoms. The molecular formula is C32H41N11O4. The lowest BCUT2D eigenvalue weighted by Gasteiger charge is -2.28. The molecule has 248 valence electrons. The summed E-state index contributed by atoms with van der Waals surface area (Å²) in [6, 6.07) is 13.8. The van der Waals surface area contributed by atoms with Gasteiger partial charge in [-0.2, -0.15) is 15.0 Å². The van der Waals surface area contributed by atoms with E-state index in [4.69, 9.17) is 19.7 Å². The molecule has 47 heavy (non-hydrogen) atoms. The zero-order valence-electron chi connectivity index (χ0n) is 26.6. The Kier molecular flexibility index (Phi) is 10.2. The number of piperazine rings is 1. The molecular weight excluding hydrogens is 602 g/mol. The predicted molar refractivity (Wildman–Crippen MR) is 179 cm³/mol. The van der Waals surface area contributed by atoms with Gasteiger partial charge in [0.05, 0.1) is 13.2 Å². The number of rotatable bonds is 6. The highest BCUT2D eigenvalue weighted by molar-refractivity contribution is 6.00. The van der Waals surface area contributed by atoms with Crippen LogP contribution < -0.4 is 31.1 Å². The standard InChI is InChI=1S/C32H41N11O4/c1-33-32(46)43-14-2-13-41(17-18-43)29-37-27(38-30(39-29)42-19-21-47-22-20-42)23-3-7-25(8-4-23)35-31(45)36-26-9-5-24(6-10-26)28(44)40-15-11-34-12-16-40/h3-10,34H,2,11-22H2,1H3,(H,33,46)(H2,35,36,45). The Morgan fingerprint density at radius 1 is 0.702 bits per heavy atom. The molecule has 3 aromatic rings. The molecule has 2 aromatic carbocycles. The zero-order chi connectivity index (χ0) is 32.6. The second kappa shape index (κ2) is 15.0. The van der Waals surface area contributed by atoms with Crippen LogP contribution in [0.15, 0.2) is 48.5 Å². The van der Waals surface area contributed by atoms with E-state index in [9.17, 15) is 14.4 Å². The maximum atomic E-state index is 12.8. The average Bonchev–Trinajstić information content (AvgIpc) is 3.39. The molecule has 3 saturated heterocycles. The number of hydrogen-bond acceptors (Lipinski definition) is 10. The summed E-state index contributed by atoms with van der Waals surface area (Å²) in [6.45, 7) is 8.05. The number of nitrogens with zero attached hydrogens (tertiary/aromatic N) is 7. The molecule has 15 nitrogen and oxygen atoms in total. The minimum atomic E-state index is -0.400. The molecule has 0 unspecified atom stereocenters. The van der Waals surface area contributed by atoms with Gasteiger partial charge in [-0.1, -0.05) is 0 Å². The van der Waals surface area contributed by atoms with Crippen LogP contribution in [0, 0.1) is 0 Å². The van der Waals surface area contributed by atoms with Crippen molar-refractivity contribution in [2.75, 3.05) is 106 Å². The first kappa shape index (κ1) is 31.9. The molecule has 0 aliphatic carbocycles. The first-order valence-electron chi connectivity index (χ1n) is 16.1. The molecule has 4 N–H and O–H groups in total. The summed E-state index contributed by atoms with van der Waals surface area (Å²) < 4.78 is 5.54. The first-order valence-corrected chi connectivity index (χ1v) is 16.1. The van der Waals surface area contributed by atoms with Crippen molar-refractivity contribution in [3.05, 3.63) is 54.1 Å². The van der Waals surface area contributed by atoms with Crippen LogP contribution in [0.5, 0.6) is 0 Å². The lowest BCUT2D eigenvalue weighted by atomic mass is 10.1. The van der Waals surface area contributed by atoms with Crippen molar-refractivity contribution < 1.29 is 19.1 Å². The maximum absolute atomic E-state index is 12.8. The quantitative estimate of drug-likeness (QED) is 0.313. The number of urea groups is 2. The predicted octanol–water partition coefficient (Wildman–Crippen LogP) is 1.92. The molecule has 4 heterocycles. The van der Waals surface area contributed by atoms with Crippen molar-refractivity contribution in [1.82, 2.24) is 35.4 Å². The summed E-state index contributed by atoms with van der Waals surface area (Å²) in [4.78, 5) is 60.0. The van der Waals surface area contributed by atoms with Gasteiger partial charge in [-0.15, -0.1) is 0 Å². The normalized spacial score (nSPS) is 17.1. The van der Waals surface area contributed by atoms with Gasteiger partial charge in [0.1, 0.15) is 0 Å². The highest BCUT2D eigenvalue weighted by Crippen LogP contribution is 2.24.